The van der Waals surface area contributed by atoms with Gasteiger partial charge in [0.1, 0.15) is 6.33 Å². The summed E-state index contributed by atoms with van der Waals surface area (Å²) >= 11 is 0. The number of nitrogens with zero attached hydrogens (tertiary/aromatic N) is 2. The van der Waals surface area contributed by atoms with Crippen molar-refractivity contribution in [1.29, 1.82) is 0 Å². The van der Waals surface area contributed by atoms with Gasteiger partial charge in [-0.1, -0.05) is 19.3 Å². The van der Waals surface area contributed by atoms with Crippen LogP contribution < -0.4 is 15.4 Å². The molecule has 0 amide bonds. The summed E-state index contributed by atoms with van der Waals surface area (Å²) in [7, 11) is 3.47. The van der Waals surface area contributed by atoms with E-state index in [0.29, 0.717) is 11.8 Å². The smallest absolute Gasteiger partial charge is 0.204 e. The van der Waals surface area contributed by atoms with Crippen LogP contribution in [0.2, 0.25) is 0 Å². The summed E-state index contributed by atoms with van der Waals surface area (Å²) < 4.78 is 5.36. The summed E-state index contributed by atoms with van der Waals surface area (Å²) in [6.07, 6.45) is 7.92. The van der Waals surface area contributed by atoms with Gasteiger partial charge in [-0.05, 0) is 12.8 Å². The minimum Gasteiger partial charge on any atom is -0.490 e. The van der Waals surface area contributed by atoms with Crippen molar-refractivity contribution in [3.63, 3.8) is 0 Å². The van der Waals surface area contributed by atoms with Crippen LogP contribution in [0.4, 0.5) is 11.6 Å². The number of methoxy groups -OCH3 is 1. The van der Waals surface area contributed by atoms with Crippen molar-refractivity contribution in [2.75, 3.05) is 24.8 Å². The molecule has 1 aliphatic carbocycles. The Labute approximate surface area is 102 Å². The number of nitrogens with one attached hydrogen (secondary N) is 2. The molecule has 5 heteroatoms. The average Bonchev–Trinajstić information content (AvgIpc) is 2.39. The molecule has 1 aliphatic rings. The Kier molecular flexibility index (Phi) is 4.01. The van der Waals surface area contributed by atoms with E-state index in [0.717, 1.165) is 11.6 Å². The van der Waals surface area contributed by atoms with Gasteiger partial charge in [0, 0.05) is 13.1 Å². The SMILES string of the molecule is CNc1ncnc(NC2CCCCC2)c1OC. The molecule has 0 atom stereocenters. The molecule has 2 rings (SSSR count). The third-order valence-corrected chi connectivity index (χ3v) is 3.19. The fourth-order valence-corrected chi connectivity index (χ4v) is 2.29. The zero-order valence-electron chi connectivity index (χ0n) is 10.5. The van der Waals surface area contributed by atoms with Gasteiger partial charge in [-0.15, -0.1) is 0 Å². The van der Waals surface area contributed by atoms with Gasteiger partial charge in [-0.25, -0.2) is 9.97 Å². The maximum atomic E-state index is 5.36. The van der Waals surface area contributed by atoms with Crippen molar-refractivity contribution in [3.05, 3.63) is 6.33 Å². The summed E-state index contributed by atoms with van der Waals surface area (Å²) in [6.45, 7) is 0. The van der Waals surface area contributed by atoms with Crippen LogP contribution >= 0.6 is 0 Å². The molecule has 0 bridgehead atoms. The van der Waals surface area contributed by atoms with Crippen molar-refractivity contribution >= 4 is 11.6 Å². The monoisotopic (exact) mass is 236 g/mol. The maximum absolute atomic E-state index is 5.36. The minimum atomic E-state index is 0.511. The van der Waals surface area contributed by atoms with E-state index in [-0.39, 0.29) is 0 Å². The lowest BCUT2D eigenvalue weighted by atomic mass is 9.95. The second kappa shape index (κ2) is 5.70. The van der Waals surface area contributed by atoms with E-state index in [4.69, 9.17) is 4.74 Å². The molecule has 1 saturated carbocycles. The lowest BCUT2D eigenvalue weighted by molar-refractivity contribution is 0.411. The van der Waals surface area contributed by atoms with Gasteiger partial charge in [-0.3, -0.25) is 0 Å². The molecule has 2 N–H and O–H groups in total. The Bertz CT molecular complexity index is 364. The van der Waals surface area contributed by atoms with Gasteiger partial charge < -0.3 is 15.4 Å². The Morgan fingerprint density at radius 1 is 1.18 bits per heavy atom. The van der Waals surface area contributed by atoms with Gasteiger partial charge in [0.05, 0.1) is 7.11 Å². The Balaban J connectivity index is 2.13. The largest absolute Gasteiger partial charge is 0.490 e. The van der Waals surface area contributed by atoms with Crippen molar-refractivity contribution < 1.29 is 4.74 Å². The fourth-order valence-electron chi connectivity index (χ4n) is 2.29. The fraction of sp³-hybridized carbons (Fsp3) is 0.667. The van der Waals surface area contributed by atoms with Crippen molar-refractivity contribution in [2.45, 2.75) is 38.1 Å². The third kappa shape index (κ3) is 2.78. The van der Waals surface area contributed by atoms with Crippen LogP contribution in [0.25, 0.3) is 0 Å². The number of hydrogen-bond donors (Lipinski definition) is 2. The minimum absolute atomic E-state index is 0.511. The number of hydrogen-bond acceptors (Lipinski definition) is 5. The molecule has 0 unspecified atom stereocenters. The first-order valence-electron chi connectivity index (χ1n) is 6.18. The molecule has 1 aromatic rings. The lowest BCUT2D eigenvalue weighted by Crippen LogP contribution is -2.23. The number of rotatable bonds is 4. The highest BCUT2D eigenvalue weighted by Gasteiger charge is 2.17. The van der Waals surface area contributed by atoms with E-state index >= 15 is 0 Å². The molecule has 17 heavy (non-hydrogen) atoms. The van der Waals surface area contributed by atoms with Crippen LogP contribution in [0.15, 0.2) is 6.33 Å². The molecule has 1 fully saturated rings. The Morgan fingerprint density at radius 3 is 2.53 bits per heavy atom. The van der Waals surface area contributed by atoms with Crippen LogP contribution in [-0.2, 0) is 0 Å². The van der Waals surface area contributed by atoms with Crippen LogP contribution in [-0.4, -0.2) is 30.2 Å². The first-order chi connectivity index (χ1) is 8.35. The molecule has 0 radical (unpaired) electrons. The summed E-state index contributed by atoms with van der Waals surface area (Å²) in [5, 5.41) is 6.47. The number of aromatic nitrogens is 2. The molecule has 5 nitrogen and oxygen atoms in total. The molecule has 0 aromatic carbocycles. The van der Waals surface area contributed by atoms with E-state index in [1.165, 1.54) is 32.1 Å². The van der Waals surface area contributed by atoms with Crippen molar-refractivity contribution in [1.82, 2.24) is 9.97 Å². The third-order valence-electron chi connectivity index (χ3n) is 3.19. The maximum Gasteiger partial charge on any atom is 0.204 e. The molecule has 1 aromatic heterocycles. The van der Waals surface area contributed by atoms with E-state index in [9.17, 15) is 0 Å². The Morgan fingerprint density at radius 2 is 1.88 bits per heavy atom. The van der Waals surface area contributed by atoms with Crippen LogP contribution in [0.3, 0.4) is 0 Å². The first-order valence-corrected chi connectivity index (χ1v) is 6.18. The molecular weight excluding hydrogens is 216 g/mol. The van der Waals surface area contributed by atoms with E-state index in [1.807, 2.05) is 7.05 Å². The van der Waals surface area contributed by atoms with Gasteiger partial charge in [0.15, 0.2) is 11.6 Å². The standard InChI is InChI=1S/C12H20N4O/c1-13-11-10(17-2)12(15-8-14-11)16-9-6-4-3-5-7-9/h8-9H,3-7H2,1-2H3,(H2,13,14,15,16). The van der Waals surface area contributed by atoms with Crippen LogP contribution in [0.5, 0.6) is 5.75 Å². The molecule has 0 aliphatic heterocycles. The first kappa shape index (κ1) is 12.0. The molecular formula is C12H20N4O. The van der Waals surface area contributed by atoms with E-state index < -0.39 is 0 Å². The second-order valence-electron chi connectivity index (χ2n) is 4.33. The topological polar surface area (TPSA) is 59.1 Å². The highest BCUT2D eigenvalue weighted by atomic mass is 16.5. The summed E-state index contributed by atoms with van der Waals surface area (Å²) in [5.41, 5.74) is 0. The van der Waals surface area contributed by atoms with Crippen LogP contribution in [0.1, 0.15) is 32.1 Å². The Hall–Kier alpha value is -1.52. The van der Waals surface area contributed by atoms with Gasteiger partial charge >= 0.3 is 0 Å². The van der Waals surface area contributed by atoms with E-state index in [2.05, 4.69) is 20.6 Å². The molecule has 1 heterocycles. The van der Waals surface area contributed by atoms with Gasteiger partial charge in [-0.2, -0.15) is 0 Å². The van der Waals surface area contributed by atoms with E-state index in [1.54, 1.807) is 13.4 Å². The molecule has 0 saturated heterocycles. The predicted octanol–water partition coefficient (Wildman–Crippen LogP) is 2.27. The zero-order chi connectivity index (χ0) is 12.1. The van der Waals surface area contributed by atoms with Gasteiger partial charge in [0.25, 0.3) is 0 Å². The molecule has 0 spiro atoms. The summed E-state index contributed by atoms with van der Waals surface area (Å²) in [5.74, 6) is 2.21. The normalized spacial score (nSPS) is 16.6. The lowest BCUT2D eigenvalue weighted by Gasteiger charge is -2.24. The number of ether oxygens (including phenoxy) is 1. The predicted molar refractivity (Wildman–Crippen MR) is 68.6 cm³/mol. The summed E-state index contributed by atoms with van der Waals surface area (Å²) in [6, 6.07) is 0.511. The number of anilines is 2. The van der Waals surface area contributed by atoms with Crippen molar-refractivity contribution in [3.8, 4) is 5.75 Å². The van der Waals surface area contributed by atoms with Crippen molar-refractivity contribution in [2.24, 2.45) is 0 Å². The zero-order valence-corrected chi connectivity index (χ0v) is 10.5. The molecule has 94 valence electrons. The highest BCUT2D eigenvalue weighted by Crippen LogP contribution is 2.30. The second-order valence-corrected chi connectivity index (χ2v) is 4.33. The highest BCUT2D eigenvalue weighted by molar-refractivity contribution is 5.63. The quantitative estimate of drug-likeness (QED) is 0.839. The van der Waals surface area contributed by atoms with Crippen LogP contribution in [0, 0.1) is 0 Å². The average molecular weight is 236 g/mol. The summed E-state index contributed by atoms with van der Waals surface area (Å²) in [4.78, 5) is 8.40. The van der Waals surface area contributed by atoms with Gasteiger partial charge in [0.2, 0.25) is 5.75 Å².